The van der Waals surface area contributed by atoms with Crippen molar-refractivity contribution < 1.29 is 4.74 Å². The van der Waals surface area contributed by atoms with Gasteiger partial charge in [0.15, 0.2) is 0 Å². The molecule has 3 heteroatoms. The first-order valence-electron chi connectivity index (χ1n) is 5.11. The van der Waals surface area contributed by atoms with Gasteiger partial charge in [0.05, 0.1) is 12.3 Å². The summed E-state index contributed by atoms with van der Waals surface area (Å²) < 4.78 is 5.59. The summed E-state index contributed by atoms with van der Waals surface area (Å²) in [6.07, 6.45) is 3.06. The molecule has 3 nitrogen and oxygen atoms in total. The highest BCUT2D eigenvalue weighted by molar-refractivity contribution is 5.30. The summed E-state index contributed by atoms with van der Waals surface area (Å²) in [6, 6.07) is 2.09. The van der Waals surface area contributed by atoms with Gasteiger partial charge in [0.2, 0.25) is 0 Å². The highest BCUT2D eigenvalue weighted by atomic mass is 16.5. The molecule has 1 aromatic rings. The van der Waals surface area contributed by atoms with Crippen LogP contribution in [0.3, 0.4) is 0 Å². The van der Waals surface area contributed by atoms with Crippen LogP contribution in [0.15, 0.2) is 12.3 Å². The van der Waals surface area contributed by atoms with Crippen LogP contribution in [0.2, 0.25) is 0 Å². The highest BCUT2D eigenvalue weighted by Gasteiger charge is 2.10. The second kappa shape index (κ2) is 3.96. The van der Waals surface area contributed by atoms with Crippen molar-refractivity contribution in [3.63, 3.8) is 0 Å². The summed E-state index contributed by atoms with van der Waals surface area (Å²) in [6.45, 7) is 6.00. The molecule has 0 fully saturated rings. The zero-order chi connectivity index (χ0) is 9.97. The lowest BCUT2D eigenvalue weighted by atomic mass is 10.1. The average molecular weight is 192 g/mol. The molecule has 0 saturated heterocycles. The first-order chi connectivity index (χ1) is 6.75. The van der Waals surface area contributed by atoms with Crippen molar-refractivity contribution in [3.8, 4) is 5.75 Å². The molecule has 76 valence electrons. The van der Waals surface area contributed by atoms with E-state index in [2.05, 4.69) is 16.4 Å². The lowest BCUT2D eigenvalue weighted by molar-refractivity contribution is 0.241. The van der Waals surface area contributed by atoms with Crippen LogP contribution in [-0.2, 0) is 13.0 Å². The fraction of sp³-hybridized carbons (Fsp3) is 0.545. The summed E-state index contributed by atoms with van der Waals surface area (Å²) in [5.74, 6) is 0.877. The maximum absolute atomic E-state index is 5.59. The zero-order valence-electron chi connectivity index (χ0n) is 8.71. The van der Waals surface area contributed by atoms with Gasteiger partial charge in [0.1, 0.15) is 5.75 Å². The van der Waals surface area contributed by atoms with Crippen molar-refractivity contribution in [2.24, 2.45) is 0 Å². The molecule has 14 heavy (non-hydrogen) atoms. The van der Waals surface area contributed by atoms with E-state index in [9.17, 15) is 0 Å². The van der Waals surface area contributed by atoms with Gasteiger partial charge < -0.3 is 10.1 Å². The Morgan fingerprint density at radius 2 is 2.36 bits per heavy atom. The minimum absolute atomic E-state index is 0.214. The lowest BCUT2D eigenvalue weighted by Crippen LogP contribution is -2.24. The molecular formula is C11H16N2O. The maximum Gasteiger partial charge on any atom is 0.138 e. The van der Waals surface area contributed by atoms with E-state index in [0.29, 0.717) is 0 Å². The van der Waals surface area contributed by atoms with Gasteiger partial charge in [-0.1, -0.05) is 0 Å². The summed E-state index contributed by atoms with van der Waals surface area (Å²) in [4.78, 5) is 4.41. The van der Waals surface area contributed by atoms with E-state index in [4.69, 9.17) is 4.74 Å². The third kappa shape index (κ3) is 2.04. The summed E-state index contributed by atoms with van der Waals surface area (Å²) in [5, 5.41) is 3.33. The van der Waals surface area contributed by atoms with Gasteiger partial charge in [-0.15, -0.1) is 0 Å². The first kappa shape index (κ1) is 9.46. The van der Waals surface area contributed by atoms with Crippen molar-refractivity contribution >= 4 is 0 Å². The molecule has 2 rings (SSSR count). The van der Waals surface area contributed by atoms with E-state index in [0.717, 1.165) is 25.3 Å². The SMILES string of the molecule is CC(C)Oc1cnc2c(c1)CNCC2. The van der Waals surface area contributed by atoms with E-state index in [1.165, 1.54) is 11.3 Å². The Morgan fingerprint density at radius 3 is 3.14 bits per heavy atom. The van der Waals surface area contributed by atoms with Crippen LogP contribution >= 0.6 is 0 Å². The van der Waals surface area contributed by atoms with E-state index < -0.39 is 0 Å². The van der Waals surface area contributed by atoms with Crippen molar-refractivity contribution in [1.82, 2.24) is 10.3 Å². The van der Waals surface area contributed by atoms with Crippen molar-refractivity contribution in [2.75, 3.05) is 6.54 Å². The second-order valence-electron chi connectivity index (χ2n) is 3.87. The predicted octanol–water partition coefficient (Wildman–Crippen LogP) is 1.51. The third-order valence-electron chi connectivity index (χ3n) is 2.26. The Balaban J connectivity index is 2.20. The molecule has 0 bridgehead atoms. The number of rotatable bonds is 2. The Labute approximate surface area is 84.5 Å². The molecule has 1 N–H and O–H groups in total. The number of aromatic nitrogens is 1. The van der Waals surface area contributed by atoms with Crippen LogP contribution in [0, 0.1) is 0 Å². The smallest absolute Gasteiger partial charge is 0.138 e. The Morgan fingerprint density at radius 1 is 1.50 bits per heavy atom. The van der Waals surface area contributed by atoms with E-state index in [1.54, 1.807) is 0 Å². The Bertz CT molecular complexity index is 323. The topological polar surface area (TPSA) is 34.1 Å². The van der Waals surface area contributed by atoms with Gasteiger partial charge in [-0.2, -0.15) is 0 Å². The van der Waals surface area contributed by atoms with Crippen molar-refractivity contribution in [3.05, 3.63) is 23.5 Å². The van der Waals surface area contributed by atoms with Crippen LogP contribution in [0.25, 0.3) is 0 Å². The van der Waals surface area contributed by atoms with E-state index >= 15 is 0 Å². The molecule has 0 unspecified atom stereocenters. The molecule has 1 aliphatic rings. The van der Waals surface area contributed by atoms with Gasteiger partial charge in [-0.3, -0.25) is 4.98 Å². The van der Waals surface area contributed by atoms with Crippen LogP contribution in [0.5, 0.6) is 5.75 Å². The summed E-state index contributed by atoms with van der Waals surface area (Å²) in [5.41, 5.74) is 2.48. The van der Waals surface area contributed by atoms with Crippen LogP contribution in [0.4, 0.5) is 0 Å². The van der Waals surface area contributed by atoms with Crippen LogP contribution in [0.1, 0.15) is 25.1 Å². The van der Waals surface area contributed by atoms with Gasteiger partial charge in [0.25, 0.3) is 0 Å². The molecule has 0 saturated carbocycles. The Hall–Kier alpha value is -1.09. The maximum atomic E-state index is 5.59. The number of fused-ring (bicyclic) bond motifs is 1. The van der Waals surface area contributed by atoms with Gasteiger partial charge in [-0.25, -0.2) is 0 Å². The molecule has 0 amide bonds. The molecule has 0 aromatic carbocycles. The molecule has 1 aromatic heterocycles. The van der Waals surface area contributed by atoms with E-state index in [1.807, 2.05) is 20.0 Å². The monoisotopic (exact) mass is 192 g/mol. The molecule has 0 aliphatic carbocycles. The summed E-state index contributed by atoms with van der Waals surface area (Å²) in [7, 11) is 0. The van der Waals surface area contributed by atoms with Gasteiger partial charge in [-0.05, 0) is 25.5 Å². The average Bonchev–Trinajstić information content (AvgIpc) is 2.17. The first-order valence-corrected chi connectivity index (χ1v) is 5.11. The van der Waals surface area contributed by atoms with Crippen molar-refractivity contribution in [1.29, 1.82) is 0 Å². The number of ether oxygens (including phenoxy) is 1. The summed E-state index contributed by atoms with van der Waals surface area (Å²) >= 11 is 0. The number of hydrogen-bond donors (Lipinski definition) is 1. The van der Waals surface area contributed by atoms with Crippen LogP contribution in [-0.4, -0.2) is 17.6 Å². The quantitative estimate of drug-likeness (QED) is 0.771. The number of pyridine rings is 1. The fourth-order valence-corrected chi connectivity index (χ4v) is 1.66. The standard InChI is InChI=1S/C11H16N2O/c1-8(2)14-10-5-9-6-12-4-3-11(9)13-7-10/h5,7-8,12H,3-4,6H2,1-2H3. The minimum Gasteiger partial charge on any atom is -0.489 e. The van der Waals surface area contributed by atoms with Crippen molar-refractivity contribution in [2.45, 2.75) is 32.9 Å². The van der Waals surface area contributed by atoms with Crippen LogP contribution < -0.4 is 10.1 Å². The van der Waals surface area contributed by atoms with Gasteiger partial charge >= 0.3 is 0 Å². The fourth-order valence-electron chi connectivity index (χ4n) is 1.66. The number of nitrogens with one attached hydrogen (secondary N) is 1. The third-order valence-corrected chi connectivity index (χ3v) is 2.26. The molecule has 0 spiro atoms. The molecule has 1 aliphatic heterocycles. The Kier molecular flexibility index (Phi) is 2.68. The van der Waals surface area contributed by atoms with E-state index in [-0.39, 0.29) is 6.10 Å². The number of nitrogens with zero attached hydrogens (tertiary/aromatic N) is 1. The van der Waals surface area contributed by atoms with Gasteiger partial charge in [0, 0.05) is 25.2 Å². The zero-order valence-corrected chi connectivity index (χ0v) is 8.71. The number of hydrogen-bond acceptors (Lipinski definition) is 3. The molecule has 2 heterocycles. The largest absolute Gasteiger partial charge is 0.489 e. The molecule has 0 atom stereocenters. The normalized spacial score (nSPS) is 15.4. The molecule has 0 radical (unpaired) electrons. The highest BCUT2D eigenvalue weighted by Crippen LogP contribution is 2.18. The second-order valence-corrected chi connectivity index (χ2v) is 3.87. The molecular weight excluding hydrogens is 176 g/mol. The minimum atomic E-state index is 0.214. The lowest BCUT2D eigenvalue weighted by Gasteiger charge is -2.17. The predicted molar refractivity (Wildman–Crippen MR) is 55.4 cm³/mol.